The molecule has 0 aromatic carbocycles. The van der Waals surface area contributed by atoms with Gasteiger partial charge in [0, 0.05) is 24.9 Å². The van der Waals surface area contributed by atoms with Gasteiger partial charge in [-0.15, -0.1) is 11.8 Å². The van der Waals surface area contributed by atoms with Crippen LogP contribution in [0.4, 0.5) is 0 Å². The predicted octanol–water partition coefficient (Wildman–Crippen LogP) is 1.71. The summed E-state index contributed by atoms with van der Waals surface area (Å²) in [5.74, 6) is 0.146. The molecule has 0 unspecified atom stereocenters. The second kappa shape index (κ2) is 5.21. The largest absolute Gasteiger partial charge is 0.343 e. The van der Waals surface area contributed by atoms with Crippen LogP contribution in [0.1, 0.15) is 34.6 Å². The van der Waals surface area contributed by atoms with E-state index in [1.165, 1.54) is 0 Å². The van der Waals surface area contributed by atoms with Gasteiger partial charge in [0.1, 0.15) is 0 Å². The van der Waals surface area contributed by atoms with Gasteiger partial charge in [-0.1, -0.05) is 20.8 Å². The van der Waals surface area contributed by atoms with E-state index in [-0.39, 0.29) is 15.4 Å². The maximum atomic E-state index is 12.1. The van der Waals surface area contributed by atoms with Crippen molar-refractivity contribution in [2.45, 2.75) is 44.1 Å². The maximum absolute atomic E-state index is 12.1. The van der Waals surface area contributed by atoms with Crippen molar-refractivity contribution >= 4 is 17.7 Å². The molecular formula is C11H24N2OS. The van der Waals surface area contributed by atoms with Gasteiger partial charge in [-0.25, -0.2) is 0 Å². The van der Waals surface area contributed by atoms with E-state index in [1.54, 1.807) is 23.7 Å². The fourth-order valence-corrected chi connectivity index (χ4v) is 3.34. The van der Waals surface area contributed by atoms with Crippen molar-refractivity contribution in [2.75, 3.05) is 20.1 Å². The highest BCUT2D eigenvalue weighted by atomic mass is 32.2. The molecule has 0 saturated carbocycles. The van der Waals surface area contributed by atoms with Gasteiger partial charge in [0.05, 0.1) is 4.75 Å². The average molecular weight is 232 g/mol. The summed E-state index contributed by atoms with van der Waals surface area (Å²) in [6.07, 6.45) is 0. The second-order valence-corrected chi connectivity index (χ2v) is 7.69. The van der Waals surface area contributed by atoms with Gasteiger partial charge in [0.25, 0.3) is 0 Å². The summed E-state index contributed by atoms with van der Waals surface area (Å²) in [6.45, 7) is 11.4. The Balaban J connectivity index is 4.51. The number of likely N-dealkylation sites (N-methyl/N-ethyl adjacent to an activating group) is 1. The summed E-state index contributed by atoms with van der Waals surface area (Å²) in [5, 5.41) is 0. The molecule has 0 aromatic rings. The third kappa shape index (κ3) is 5.42. The van der Waals surface area contributed by atoms with E-state index in [1.807, 2.05) is 13.8 Å². The number of carbonyl (C=O) groups is 1. The summed E-state index contributed by atoms with van der Waals surface area (Å²) >= 11 is 1.69. The zero-order chi connectivity index (χ0) is 12.3. The van der Waals surface area contributed by atoms with Crippen LogP contribution in [-0.2, 0) is 4.79 Å². The standard InChI is InChI=1S/C11H24N2OS/c1-10(2,3)15-11(4,5)9(14)13(6)8-7-12/h7-8,12H2,1-6H3. The molecule has 4 heteroatoms. The lowest BCUT2D eigenvalue weighted by Gasteiger charge is -2.33. The molecule has 0 rings (SSSR count). The molecule has 0 spiro atoms. The van der Waals surface area contributed by atoms with Crippen LogP contribution in [0.5, 0.6) is 0 Å². The van der Waals surface area contributed by atoms with E-state index in [0.29, 0.717) is 13.1 Å². The number of amides is 1. The van der Waals surface area contributed by atoms with Gasteiger partial charge in [-0.3, -0.25) is 4.79 Å². The molecule has 2 N–H and O–H groups in total. The molecule has 0 heterocycles. The molecule has 0 aliphatic heterocycles. The Labute approximate surface area is 97.8 Å². The number of nitrogens with zero attached hydrogens (tertiary/aromatic N) is 1. The Morgan fingerprint density at radius 1 is 1.27 bits per heavy atom. The lowest BCUT2D eigenvalue weighted by molar-refractivity contribution is -0.131. The minimum atomic E-state index is -0.387. The summed E-state index contributed by atoms with van der Waals surface area (Å²) < 4.78 is -0.301. The van der Waals surface area contributed by atoms with Crippen LogP contribution in [0.3, 0.4) is 0 Å². The minimum absolute atomic E-state index is 0.0860. The summed E-state index contributed by atoms with van der Waals surface area (Å²) in [5.41, 5.74) is 5.44. The number of hydrogen-bond donors (Lipinski definition) is 1. The van der Waals surface area contributed by atoms with Gasteiger partial charge in [0.15, 0.2) is 0 Å². The van der Waals surface area contributed by atoms with Crippen molar-refractivity contribution in [2.24, 2.45) is 5.73 Å². The Morgan fingerprint density at radius 3 is 2.07 bits per heavy atom. The number of thioether (sulfide) groups is 1. The zero-order valence-corrected chi connectivity index (χ0v) is 11.6. The summed E-state index contributed by atoms with van der Waals surface area (Å²) in [6, 6.07) is 0. The molecule has 0 aliphatic carbocycles. The molecule has 0 atom stereocenters. The Kier molecular flexibility index (Phi) is 5.14. The first-order chi connectivity index (χ1) is 6.60. The van der Waals surface area contributed by atoms with Crippen LogP contribution < -0.4 is 5.73 Å². The lowest BCUT2D eigenvalue weighted by Crippen LogP contribution is -2.44. The zero-order valence-electron chi connectivity index (χ0n) is 10.8. The van der Waals surface area contributed by atoms with E-state index in [4.69, 9.17) is 5.73 Å². The molecule has 0 fully saturated rings. The molecular weight excluding hydrogens is 208 g/mol. The van der Waals surface area contributed by atoms with Crippen LogP contribution in [0.2, 0.25) is 0 Å². The van der Waals surface area contributed by atoms with Crippen molar-refractivity contribution in [3.8, 4) is 0 Å². The third-order valence-electron chi connectivity index (χ3n) is 1.89. The molecule has 0 aromatic heterocycles. The van der Waals surface area contributed by atoms with Crippen LogP contribution in [-0.4, -0.2) is 40.4 Å². The summed E-state index contributed by atoms with van der Waals surface area (Å²) in [4.78, 5) is 13.8. The second-order valence-electron chi connectivity index (χ2n) is 5.24. The lowest BCUT2D eigenvalue weighted by atomic mass is 10.2. The fourth-order valence-electron chi connectivity index (χ4n) is 1.56. The van der Waals surface area contributed by atoms with Gasteiger partial charge in [0.2, 0.25) is 5.91 Å². The summed E-state index contributed by atoms with van der Waals surface area (Å²) in [7, 11) is 1.81. The topological polar surface area (TPSA) is 46.3 Å². The third-order valence-corrected chi connectivity index (χ3v) is 3.18. The van der Waals surface area contributed by atoms with Crippen LogP contribution in [0, 0.1) is 0 Å². The normalized spacial score (nSPS) is 12.7. The van der Waals surface area contributed by atoms with Crippen molar-refractivity contribution in [1.82, 2.24) is 4.90 Å². The Morgan fingerprint density at radius 2 is 1.73 bits per heavy atom. The molecule has 0 radical (unpaired) electrons. The van der Waals surface area contributed by atoms with Crippen LogP contribution in [0.25, 0.3) is 0 Å². The van der Waals surface area contributed by atoms with Gasteiger partial charge < -0.3 is 10.6 Å². The van der Waals surface area contributed by atoms with E-state index in [0.717, 1.165) is 0 Å². The quantitative estimate of drug-likeness (QED) is 0.802. The monoisotopic (exact) mass is 232 g/mol. The molecule has 0 bridgehead atoms. The molecule has 90 valence electrons. The molecule has 15 heavy (non-hydrogen) atoms. The van der Waals surface area contributed by atoms with Gasteiger partial charge >= 0.3 is 0 Å². The number of carbonyl (C=O) groups excluding carboxylic acids is 1. The number of hydrogen-bond acceptors (Lipinski definition) is 3. The SMILES string of the molecule is CN(CCN)C(=O)C(C)(C)SC(C)(C)C. The first-order valence-corrected chi connectivity index (χ1v) is 6.07. The predicted molar refractivity (Wildman–Crippen MR) is 68.1 cm³/mol. The minimum Gasteiger partial charge on any atom is -0.343 e. The molecule has 3 nitrogen and oxygen atoms in total. The smallest absolute Gasteiger partial charge is 0.238 e. The average Bonchev–Trinajstić information content (AvgIpc) is 1.98. The highest BCUT2D eigenvalue weighted by Gasteiger charge is 2.34. The van der Waals surface area contributed by atoms with Gasteiger partial charge in [-0.05, 0) is 13.8 Å². The maximum Gasteiger partial charge on any atom is 0.238 e. The van der Waals surface area contributed by atoms with Crippen LogP contribution in [0.15, 0.2) is 0 Å². The van der Waals surface area contributed by atoms with E-state index in [2.05, 4.69) is 20.8 Å². The van der Waals surface area contributed by atoms with Crippen molar-refractivity contribution in [3.63, 3.8) is 0 Å². The van der Waals surface area contributed by atoms with Crippen molar-refractivity contribution < 1.29 is 4.79 Å². The van der Waals surface area contributed by atoms with Crippen molar-refractivity contribution in [3.05, 3.63) is 0 Å². The molecule has 0 aliphatic rings. The Bertz CT molecular complexity index is 221. The molecule has 0 saturated heterocycles. The Hall–Kier alpha value is -0.220. The van der Waals surface area contributed by atoms with E-state index >= 15 is 0 Å². The first-order valence-electron chi connectivity index (χ1n) is 5.26. The van der Waals surface area contributed by atoms with Crippen LogP contribution >= 0.6 is 11.8 Å². The fraction of sp³-hybridized carbons (Fsp3) is 0.909. The van der Waals surface area contributed by atoms with E-state index < -0.39 is 0 Å². The van der Waals surface area contributed by atoms with Gasteiger partial charge in [-0.2, -0.15) is 0 Å². The first kappa shape index (κ1) is 14.8. The van der Waals surface area contributed by atoms with E-state index in [9.17, 15) is 4.79 Å². The molecule has 1 amide bonds. The highest BCUT2D eigenvalue weighted by Crippen LogP contribution is 2.37. The number of rotatable bonds is 4. The van der Waals surface area contributed by atoms with Crippen molar-refractivity contribution in [1.29, 1.82) is 0 Å². The highest BCUT2D eigenvalue weighted by molar-refractivity contribution is 8.02. The number of nitrogens with two attached hydrogens (primary N) is 1.